The van der Waals surface area contributed by atoms with E-state index in [9.17, 15) is 4.79 Å². The highest BCUT2D eigenvalue weighted by molar-refractivity contribution is 5.94. The number of amides is 1. The van der Waals surface area contributed by atoms with E-state index in [1.54, 1.807) is 6.92 Å². The third-order valence-electron chi connectivity index (χ3n) is 2.88. The zero-order valence-electron chi connectivity index (χ0n) is 8.66. The van der Waals surface area contributed by atoms with Crippen LogP contribution in [0.3, 0.4) is 0 Å². The molecule has 1 aromatic carbocycles. The van der Waals surface area contributed by atoms with E-state index >= 15 is 0 Å². The van der Waals surface area contributed by atoms with E-state index in [2.05, 4.69) is 13.0 Å². The maximum atomic E-state index is 11.5. The van der Waals surface area contributed by atoms with Crippen molar-refractivity contribution in [1.29, 1.82) is 0 Å². The van der Waals surface area contributed by atoms with E-state index in [4.69, 9.17) is 0 Å². The van der Waals surface area contributed by atoms with Gasteiger partial charge in [0, 0.05) is 18.7 Å². The molecular formula is C12H15NO. The van der Waals surface area contributed by atoms with Crippen LogP contribution < -0.4 is 4.90 Å². The van der Waals surface area contributed by atoms with Crippen molar-refractivity contribution in [2.24, 2.45) is 0 Å². The van der Waals surface area contributed by atoms with Gasteiger partial charge in [0.25, 0.3) is 0 Å². The van der Waals surface area contributed by atoms with Gasteiger partial charge < -0.3 is 4.90 Å². The summed E-state index contributed by atoms with van der Waals surface area (Å²) in [7, 11) is 0. The summed E-state index contributed by atoms with van der Waals surface area (Å²) in [5.74, 6) is 0.154. The number of hydrogen-bond donors (Lipinski definition) is 0. The molecule has 2 rings (SSSR count). The lowest BCUT2D eigenvalue weighted by Crippen LogP contribution is -2.35. The Morgan fingerprint density at radius 3 is 2.86 bits per heavy atom. The van der Waals surface area contributed by atoms with E-state index < -0.39 is 0 Å². The standard InChI is InChI=1S/C12H15NO/c1-3-11-8-10-6-4-5-7-12(10)13(11)9(2)14/h4-7,11H,3,8H2,1-2H3/t11-/m0/s1. The quantitative estimate of drug-likeness (QED) is 0.664. The summed E-state index contributed by atoms with van der Waals surface area (Å²) in [6.45, 7) is 3.78. The summed E-state index contributed by atoms with van der Waals surface area (Å²) in [5, 5.41) is 0. The first-order valence-electron chi connectivity index (χ1n) is 5.11. The van der Waals surface area contributed by atoms with Gasteiger partial charge in [-0.3, -0.25) is 4.79 Å². The molecule has 2 heteroatoms. The third kappa shape index (κ3) is 1.31. The van der Waals surface area contributed by atoms with Gasteiger partial charge in [0.15, 0.2) is 0 Å². The van der Waals surface area contributed by atoms with E-state index in [-0.39, 0.29) is 5.91 Å². The van der Waals surface area contributed by atoms with Crippen molar-refractivity contribution < 1.29 is 4.79 Å². The summed E-state index contributed by atoms with van der Waals surface area (Å²) in [6.07, 6.45) is 2.03. The molecule has 0 aliphatic carbocycles. The van der Waals surface area contributed by atoms with Gasteiger partial charge in [-0.05, 0) is 24.5 Å². The van der Waals surface area contributed by atoms with Crippen molar-refractivity contribution in [3.8, 4) is 0 Å². The molecule has 0 aromatic heterocycles. The molecular weight excluding hydrogens is 174 g/mol. The van der Waals surface area contributed by atoms with Crippen molar-refractivity contribution in [2.45, 2.75) is 32.7 Å². The smallest absolute Gasteiger partial charge is 0.224 e. The van der Waals surface area contributed by atoms with Crippen molar-refractivity contribution in [3.05, 3.63) is 29.8 Å². The van der Waals surface area contributed by atoms with E-state index in [1.807, 2.05) is 23.1 Å². The van der Waals surface area contributed by atoms with Crippen LogP contribution in [0.1, 0.15) is 25.8 Å². The Labute approximate surface area is 84.5 Å². The van der Waals surface area contributed by atoms with Crippen LogP contribution in [0.25, 0.3) is 0 Å². The summed E-state index contributed by atoms with van der Waals surface area (Å²) >= 11 is 0. The second-order valence-corrected chi connectivity index (χ2v) is 3.78. The number of rotatable bonds is 1. The average Bonchev–Trinajstić information content (AvgIpc) is 2.55. The largest absolute Gasteiger partial charge is 0.309 e. The first-order valence-corrected chi connectivity index (χ1v) is 5.11. The first-order chi connectivity index (χ1) is 6.74. The normalized spacial score (nSPS) is 19.6. The Bertz CT molecular complexity index is 359. The Morgan fingerprint density at radius 1 is 1.50 bits per heavy atom. The highest BCUT2D eigenvalue weighted by atomic mass is 16.2. The lowest BCUT2D eigenvalue weighted by Gasteiger charge is -2.22. The minimum atomic E-state index is 0.154. The highest BCUT2D eigenvalue weighted by Crippen LogP contribution is 2.32. The molecule has 0 saturated carbocycles. The topological polar surface area (TPSA) is 20.3 Å². The van der Waals surface area contributed by atoms with E-state index in [1.165, 1.54) is 5.56 Å². The van der Waals surface area contributed by atoms with Crippen LogP contribution in [0, 0.1) is 0 Å². The number of carbonyl (C=O) groups excluding carboxylic acids is 1. The molecule has 1 aliphatic rings. The van der Waals surface area contributed by atoms with Gasteiger partial charge in [-0.25, -0.2) is 0 Å². The van der Waals surface area contributed by atoms with Crippen molar-refractivity contribution in [1.82, 2.24) is 0 Å². The number of anilines is 1. The number of fused-ring (bicyclic) bond motifs is 1. The summed E-state index contributed by atoms with van der Waals surface area (Å²) in [5.41, 5.74) is 2.40. The fourth-order valence-electron chi connectivity index (χ4n) is 2.21. The monoisotopic (exact) mass is 189 g/mol. The van der Waals surface area contributed by atoms with Gasteiger partial charge >= 0.3 is 0 Å². The third-order valence-corrected chi connectivity index (χ3v) is 2.88. The van der Waals surface area contributed by atoms with Crippen molar-refractivity contribution in [3.63, 3.8) is 0 Å². The SMILES string of the molecule is CC[C@H]1Cc2ccccc2N1C(C)=O. The number of benzene rings is 1. The maximum Gasteiger partial charge on any atom is 0.224 e. The van der Waals surface area contributed by atoms with Crippen molar-refractivity contribution >= 4 is 11.6 Å². The van der Waals surface area contributed by atoms with Crippen LogP contribution >= 0.6 is 0 Å². The number of nitrogens with zero attached hydrogens (tertiary/aromatic N) is 1. The van der Waals surface area contributed by atoms with Gasteiger partial charge in [0.1, 0.15) is 0 Å². The average molecular weight is 189 g/mol. The number of hydrogen-bond acceptors (Lipinski definition) is 1. The van der Waals surface area contributed by atoms with Gasteiger partial charge in [-0.2, -0.15) is 0 Å². The molecule has 2 nitrogen and oxygen atoms in total. The number of para-hydroxylation sites is 1. The van der Waals surface area contributed by atoms with Crippen LogP contribution in [0.2, 0.25) is 0 Å². The molecule has 1 amide bonds. The molecule has 0 radical (unpaired) electrons. The van der Waals surface area contributed by atoms with Crippen molar-refractivity contribution in [2.75, 3.05) is 4.90 Å². The van der Waals surface area contributed by atoms with E-state index in [0.717, 1.165) is 18.5 Å². The lowest BCUT2D eigenvalue weighted by molar-refractivity contribution is -0.116. The molecule has 1 heterocycles. The van der Waals surface area contributed by atoms with Gasteiger partial charge in [-0.1, -0.05) is 25.1 Å². The van der Waals surface area contributed by atoms with Crippen LogP contribution in [0.5, 0.6) is 0 Å². The summed E-state index contributed by atoms with van der Waals surface area (Å²) < 4.78 is 0. The molecule has 74 valence electrons. The van der Waals surface area contributed by atoms with Crippen LogP contribution in [-0.4, -0.2) is 11.9 Å². The Hall–Kier alpha value is -1.31. The lowest BCUT2D eigenvalue weighted by atomic mass is 10.1. The molecule has 1 aromatic rings. The number of carbonyl (C=O) groups is 1. The van der Waals surface area contributed by atoms with Gasteiger partial charge in [-0.15, -0.1) is 0 Å². The fourth-order valence-corrected chi connectivity index (χ4v) is 2.21. The van der Waals surface area contributed by atoms with Crippen LogP contribution in [0.15, 0.2) is 24.3 Å². The minimum absolute atomic E-state index is 0.154. The molecule has 1 aliphatic heterocycles. The molecule has 0 spiro atoms. The van der Waals surface area contributed by atoms with E-state index in [0.29, 0.717) is 6.04 Å². The zero-order chi connectivity index (χ0) is 10.1. The maximum absolute atomic E-state index is 11.5. The predicted molar refractivity (Wildman–Crippen MR) is 57.4 cm³/mol. The molecule has 1 atom stereocenters. The predicted octanol–water partition coefficient (Wildman–Crippen LogP) is 2.37. The molecule has 0 unspecified atom stereocenters. The second kappa shape index (κ2) is 3.45. The molecule has 0 N–H and O–H groups in total. The fraction of sp³-hybridized carbons (Fsp3) is 0.417. The summed E-state index contributed by atoms with van der Waals surface area (Å²) in [6, 6.07) is 8.54. The van der Waals surface area contributed by atoms with Crippen LogP contribution in [-0.2, 0) is 11.2 Å². The molecule has 0 saturated heterocycles. The zero-order valence-corrected chi connectivity index (χ0v) is 8.66. The van der Waals surface area contributed by atoms with Gasteiger partial charge in [0.05, 0.1) is 0 Å². The first kappa shape index (κ1) is 9.25. The second-order valence-electron chi connectivity index (χ2n) is 3.78. The Kier molecular flexibility index (Phi) is 2.28. The van der Waals surface area contributed by atoms with Crippen LogP contribution in [0.4, 0.5) is 5.69 Å². The molecule has 0 fully saturated rings. The highest BCUT2D eigenvalue weighted by Gasteiger charge is 2.29. The minimum Gasteiger partial charge on any atom is -0.309 e. The molecule has 0 bridgehead atoms. The Morgan fingerprint density at radius 2 is 2.21 bits per heavy atom. The summed E-state index contributed by atoms with van der Waals surface area (Å²) in [4.78, 5) is 13.4. The Balaban J connectivity index is 2.42. The molecule has 14 heavy (non-hydrogen) atoms. The van der Waals surface area contributed by atoms with Gasteiger partial charge in [0.2, 0.25) is 5.91 Å².